The summed E-state index contributed by atoms with van der Waals surface area (Å²) in [5, 5.41) is 3.55. The molecule has 2 saturated heterocycles. The van der Waals surface area contributed by atoms with Gasteiger partial charge in [0.05, 0.1) is 14.2 Å². The number of likely N-dealkylation sites (N-methyl/N-ethyl adjacent to an activating group) is 1. The second kappa shape index (κ2) is 6.48. The molecule has 25 heavy (non-hydrogen) atoms. The van der Waals surface area contributed by atoms with Gasteiger partial charge in [0, 0.05) is 11.5 Å². The van der Waals surface area contributed by atoms with Gasteiger partial charge in [0.25, 0.3) is 0 Å². The van der Waals surface area contributed by atoms with E-state index in [1.165, 1.54) is 63.7 Å². The summed E-state index contributed by atoms with van der Waals surface area (Å²) < 4.78 is 11.1. The summed E-state index contributed by atoms with van der Waals surface area (Å²) in [6, 6.07) is 7.27. The number of rotatable bonds is 3. The number of fused-ring (bicyclic) bond motifs is 1. The quantitative estimate of drug-likeness (QED) is 0.913. The van der Waals surface area contributed by atoms with E-state index in [1.54, 1.807) is 14.2 Å². The molecular weight excluding hydrogens is 312 g/mol. The lowest BCUT2D eigenvalue weighted by Gasteiger charge is -2.52. The van der Waals surface area contributed by atoms with Gasteiger partial charge in [-0.25, -0.2) is 0 Å². The van der Waals surface area contributed by atoms with Crippen molar-refractivity contribution in [2.45, 2.75) is 50.0 Å². The van der Waals surface area contributed by atoms with E-state index in [9.17, 15) is 0 Å². The molecule has 1 aliphatic carbocycles. The Morgan fingerprint density at radius 1 is 1.00 bits per heavy atom. The van der Waals surface area contributed by atoms with Gasteiger partial charge < -0.3 is 19.7 Å². The monoisotopic (exact) mass is 344 g/mol. The van der Waals surface area contributed by atoms with Crippen molar-refractivity contribution in [2.24, 2.45) is 5.41 Å². The maximum atomic E-state index is 5.60. The fourth-order valence-electron chi connectivity index (χ4n) is 5.80. The van der Waals surface area contributed by atoms with Crippen molar-refractivity contribution in [3.05, 3.63) is 23.8 Å². The highest BCUT2D eigenvalue weighted by Gasteiger charge is 2.54. The zero-order valence-electron chi connectivity index (χ0n) is 15.9. The van der Waals surface area contributed by atoms with Crippen LogP contribution in [-0.4, -0.2) is 51.8 Å². The average molecular weight is 344 g/mol. The molecule has 3 aliphatic rings. The second-order valence-corrected chi connectivity index (χ2v) is 8.43. The molecule has 0 aromatic heterocycles. The minimum absolute atomic E-state index is 0.282. The molecule has 4 rings (SSSR count). The van der Waals surface area contributed by atoms with Crippen LogP contribution in [-0.2, 0) is 5.41 Å². The molecule has 2 atom stereocenters. The molecule has 2 aliphatic heterocycles. The molecule has 1 spiro atoms. The molecule has 4 nitrogen and oxygen atoms in total. The van der Waals surface area contributed by atoms with E-state index in [0.717, 1.165) is 11.5 Å². The first kappa shape index (κ1) is 17.2. The molecule has 0 unspecified atom stereocenters. The summed E-state index contributed by atoms with van der Waals surface area (Å²) in [7, 11) is 5.78. The van der Waals surface area contributed by atoms with Crippen molar-refractivity contribution in [3.8, 4) is 11.5 Å². The predicted octanol–water partition coefficient (Wildman–Crippen LogP) is 3.20. The first-order valence-corrected chi connectivity index (χ1v) is 9.76. The summed E-state index contributed by atoms with van der Waals surface area (Å²) in [5.74, 6) is 1.70. The maximum absolute atomic E-state index is 5.60. The Hall–Kier alpha value is -1.26. The lowest BCUT2D eigenvalue weighted by atomic mass is 9.56. The van der Waals surface area contributed by atoms with Gasteiger partial charge in [0.15, 0.2) is 11.5 Å². The molecule has 0 amide bonds. The molecule has 1 aromatic rings. The predicted molar refractivity (Wildman–Crippen MR) is 101 cm³/mol. The lowest BCUT2D eigenvalue weighted by molar-refractivity contribution is 0.0440. The van der Waals surface area contributed by atoms with Gasteiger partial charge in [-0.1, -0.05) is 6.07 Å². The average Bonchev–Trinajstić information content (AvgIpc) is 2.99. The standard InChI is InChI=1S/C21H32N2O2/c1-23-13-10-21(16-4-5-17(24-2)18(14-16)25-3)7-6-20(15-19(21)23)8-11-22-12-9-20/h4-5,14,19,22H,6-13,15H2,1-3H3/t19-,21-/m0/s1. The highest BCUT2D eigenvalue weighted by atomic mass is 16.5. The summed E-state index contributed by atoms with van der Waals surface area (Å²) in [6.45, 7) is 3.59. The number of nitrogens with one attached hydrogen (secondary N) is 1. The molecule has 1 saturated carbocycles. The van der Waals surface area contributed by atoms with E-state index < -0.39 is 0 Å². The number of hydrogen-bond donors (Lipinski definition) is 1. The maximum Gasteiger partial charge on any atom is 0.161 e. The van der Waals surface area contributed by atoms with E-state index >= 15 is 0 Å². The number of methoxy groups -OCH3 is 2. The molecular formula is C21H32N2O2. The SMILES string of the molecule is COc1ccc([C@]23CCN(C)[C@H]2CC2(CCNCC2)CC3)cc1OC. The van der Waals surface area contributed by atoms with Crippen molar-refractivity contribution in [2.75, 3.05) is 40.9 Å². The number of piperidine rings is 1. The smallest absolute Gasteiger partial charge is 0.161 e. The first-order valence-electron chi connectivity index (χ1n) is 9.76. The minimum Gasteiger partial charge on any atom is -0.493 e. The molecule has 2 heterocycles. The number of likely N-dealkylation sites (tertiary alicyclic amines) is 1. The van der Waals surface area contributed by atoms with E-state index in [-0.39, 0.29) is 5.41 Å². The van der Waals surface area contributed by atoms with E-state index in [0.29, 0.717) is 11.5 Å². The lowest BCUT2D eigenvalue weighted by Crippen LogP contribution is -2.52. The van der Waals surface area contributed by atoms with Gasteiger partial charge >= 0.3 is 0 Å². The Morgan fingerprint density at radius 2 is 1.76 bits per heavy atom. The van der Waals surface area contributed by atoms with Gasteiger partial charge in [-0.3, -0.25) is 0 Å². The summed E-state index contributed by atoms with van der Waals surface area (Å²) in [6.07, 6.45) is 7.97. The van der Waals surface area contributed by atoms with Gasteiger partial charge in [-0.2, -0.15) is 0 Å². The molecule has 0 radical (unpaired) electrons. The van der Waals surface area contributed by atoms with Crippen molar-refractivity contribution in [1.82, 2.24) is 10.2 Å². The van der Waals surface area contributed by atoms with Crippen LogP contribution in [0.2, 0.25) is 0 Å². The Bertz CT molecular complexity index is 626. The van der Waals surface area contributed by atoms with Crippen LogP contribution in [0.25, 0.3) is 0 Å². The molecule has 138 valence electrons. The number of nitrogens with zero attached hydrogens (tertiary/aromatic N) is 1. The Balaban J connectivity index is 1.68. The third-order valence-electron chi connectivity index (χ3n) is 7.43. The van der Waals surface area contributed by atoms with Crippen molar-refractivity contribution >= 4 is 0 Å². The molecule has 1 aromatic carbocycles. The zero-order valence-corrected chi connectivity index (χ0v) is 15.9. The topological polar surface area (TPSA) is 33.7 Å². The molecule has 1 N–H and O–H groups in total. The van der Waals surface area contributed by atoms with Crippen LogP contribution in [0.4, 0.5) is 0 Å². The fraction of sp³-hybridized carbons (Fsp3) is 0.714. The van der Waals surface area contributed by atoms with Gasteiger partial charge in [0.2, 0.25) is 0 Å². The van der Waals surface area contributed by atoms with Crippen LogP contribution < -0.4 is 14.8 Å². The number of ether oxygens (including phenoxy) is 2. The minimum atomic E-state index is 0.282. The third-order valence-corrected chi connectivity index (χ3v) is 7.43. The van der Waals surface area contributed by atoms with Crippen molar-refractivity contribution in [1.29, 1.82) is 0 Å². The number of benzene rings is 1. The summed E-state index contributed by atoms with van der Waals surface area (Å²) in [4.78, 5) is 2.62. The highest BCUT2D eigenvalue weighted by Crippen LogP contribution is 2.56. The largest absolute Gasteiger partial charge is 0.493 e. The summed E-state index contributed by atoms with van der Waals surface area (Å²) in [5.41, 5.74) is 2.29. The normalized spacial score (nSPS) is 31.7. The highest BCUT2D eigenvalue weighted by molar-refractivity contribution is 5.46. The van der Waals surface area contributed by atoms with Crippen LogP contribution in [0.5, 0.6) is 11.5 Å². The van der Waals surface area contributed by atoms with Gasteiger partial charge in [0.1, 0.15) is 0 Å². The van der Waals surface area contributed by atoms with Gasteiger partial charge in [-0.15, -0.1) is 0 Å². The van der Waals surface area contributed by atoms with Crippen molar-refractivity contribution < 1.29 is 9.47 Å². The number of hydrogen-bond acceptors (Lipinski definition) is 4. The first-order chi connectivity index (χ1) is 12.1. The molecule has 0 bridgehead atoms. The molecule has 4 heteroatoms. The van der Waals surface area contributed by atoms with Crippen LogP contribution in [0.1, 0.15) is 44.1 Å². The van der Waals surface area contributed by atoms with Crippen LogP contribution in [0.3, 0.4) is 0 Å². The van der Waals surface area contributed by atoms with Crippen LogP contribution in [0.15, 0.2) is 18.2 Å². The van der Waals surface area contributed by atoms with Crippen LogP contribution in [0, 0.1) is 5.41 Å². The third kappa shape index (κ3) is 2.74. The Morgan fingerprint density at radius 3 is 2.48 bits per heavy atom. The fourth-order valence-corrected chi connectivity index (χ4v) is 5.80. The van der Waals surface area contributed by atoms with Gasteiger partial charge in [-0.05, 0) is 88.3 Å². The van der Waals surface area contributed by atoms with E-state index in [4.69, 9.17) is 9.47 Å². The Kier molecular flexibility index (Phi) is 4.45. The Labute approximate surface area is 151 Å². The second-order valence-electron chi connectivity index (χ2n) is 8.43. The van der Waals surface area contributed by atoms with Crippen molar-refractivity contribution in [3.63, 3.8) is 0 Å². The molecule has 3 fully saturated rings. The summed E-state index contributed by atoms with van der Waals surface area (Å²) >= 11 is 0. The van der Waals surface area contributed by atoms with E-state index in [1.807, 2.05) is 0 Å². The zero-order chi connectivity index (χ0) is 17.5. The van der Waals surface area contributed by atoms with Crippen LogP contribution >= 0.6 is 0 Å². The van der Waals surface area contributed by atoms with E-state index in [2.05, 4.69) is 35.5 Å².